The van der Waals surface area contributed by atoms with Crippen molar-refractivity contribution in [2.75, 3.05) is 0 Å². The van der Waals surface area contributed by atoms with Crippen LogP contribution >= 0.6 is 15.6 Å². The Morgan fingerprint density at radius 3 is 1.18 bits per heavy atom. The Morgan fingerprint density at radius 2 is 0.878 bits per heavy atom. The molecule has 24 heteroatoms. The number of benzene rings is 2. The highest BCUT2D eigenvalue weighted by molar-refractivity contribution is 7.48. The van der Waals surface area contributed by atoms with Crippen LogP contribution in [0.3, 0.4) is 0 Å². The summed E-state index contributed by atoms with van der Waals surface area (Å²) < 4.78 is 53.1. The van der Waals surface area contributed by atoms with Crippen molar-refractivity contribution in [3.63, 3.8) is 0 Å². The molecule has 0 bridgehead atoms. The van der Waals surface area contributed by atoms with E-state index in [0.717, 1.165) is 96.1 Å². The highest BCUT2D eigenvalue weighted by Gasteiger charge is 2.50. The molecule has 0 radical (unpaired) electrons. The van der Waals surface area contributed by atoms with Crippen molar-refractivity contribution in [3.8, 4) is 22.3 Å². The van der Waals surface area contributed by atoms with Crippen LogP contribution in [0.1, 0.15) is 188 Å². The van der Waals surface area contributed by atoms with Gasteiger partial charge in [0.15, 0.2) is 25.0 Å². The number of hydrogen-bond acceptors (Lipinski definition) is 14. The highest BCUT2D eigenvalue weighted by atomic mass is 31.2. The van der Waals surface area contributed by atoms with Crippen molar-refractivity contribution in [2.24, 2.45) is 35.5 Å². The lowest BCUT2D eigenvalue weighted by Gasteiger charge is -2.30. The van der Waals surface area contributed by atoms with E-state index in [0.29, 0.717) is 46.4 Å². The fraction of sp³-hybridized carbons (Fsp3) is 0.576. The van der Waals surface area contributed by atoms with E-state index in [-0.39, 0.29) is 73.6 Å². The summed E-state index contributed by atoms with van der Waals surface area (Å²) in [5, 5.41) is 23.9. The number of Topliss-reactive ketones (excluding diaryl/α,β-unsaturated/α-hetero) is 2. The molecule has 22 nitrogen and oxygen atoms in total. The van der Waals surface area contributed by atoms with Gasteiger partial charge in [-0.1, -0.05) is 48.5 Å². The normalized spacial score (nSPS) is 16.4. The lowest BCUT2D eigenvalue weighted by molar-refractivity contribution is -0.122. The molecule has 4 saturated carbocycles. The van der Waals surface area contributed by atoms with E-state index in [9.17, 15) is 28.3 Å². The summed E-state index contributed by atoms with van der Waals surface area (Å²) in [6.07, 6.45) is 12.5. The number of nitrogens with one attached hydrogen (secondary N) is 2. The fourth-order valence-electron chi connectivity index (χ4n) is 12.5. The summed E-state index contributed by atoms with van der Waals surface area (Å²) in [7, 11) is -8.54. The van der Waals surface area contributed by atoms with Crippen LogP contribution in [-0.4, -0.2) is 95.6 Å². The molecule has 4 aliphatic carbocycles. The maximum Gasteiger partial charge on any atom is 0.477 e. The van der Waals surface area contributed by atoms with Gasteiger partial charge in [-0.2, -0.15) is 20.4 Å². The monoisotopic (exact) mass is 1280 g/mol. The number of ketones is 2. The maximum absolute atomic E-state index is 14.0. The molecule has 4 N–H and O–H groups in total. The molecule has 2 amide bonds. The van der Waals surface area contributed by atoms with Crippen LogP contribution < -0.4 is 10.6 Å². The molecule has 10 rings (SSSR count). The predicted octanol–water partition coefficient (Wildman–Crippen LogP) is 12.4. The second-order valence-electron chi connectivity index (χ2n) is 27.5. The third-order valence-corrected chi connectivity index (χ3v) is 19.4. The summed E-state index contributed by atoms with van der Waals surface area (Å²) in [5.74, 6) is 1.80. The van der Waals surface area contributed by atoms with Crippen molar-refractivity contribution >= 4 is 39.0 Å². The maximum atomic E-state index is 14.0. The second kappa shape index (κ2) is 27.5. The molecule has 4 aliphatic rings. The number of nitrogens with zero attached hydrogens (tertiary/aromatic N) is 8. The lowest BCUT2D eigenvalue weighted by atomic mass is 9.85. The molecule has 488 valence electrons. The SMILES string of the molecule is Cc1nn(COP(=O)(O)O)c(C)c1-c1ccc(CC(=O)[C@@H](NC(=O)c2ccnn2C(C)C)C(C2CC2)C2CC2)cc1.Cc1nn(COP(=O)(OC(C)(C)C)OC(C)(C)C)c(C)c1-c1ccc(CC(=O)[C@@H](NC(=O)c2ccnn2C(C)C)C(C2CC2)C2CC2)cc1. The van der Waals surface area contributed by atoms with Crippen LogP contribution in [0.5, 0.6) is 0 Å². The minimum absolute atomic E-state index is 0.0141. The molecule has 0 aliphatic heterocycles. The second-order valence-corrected chi connectivity index (χ2v) is 30.3. The molecular weight excluding hydrogens is 1190 g/mol. The van der Waals surface area contributed by atoms with Gasteiger partial charge in [0.25, 0.3) is 11.8 Å². The Balaban J connectivity index is 0.000000217. The number of rotatable bonds is 28. The van der Waals surface area contributed by atoms with Crippen LogP contribution in [0.15, 0.2) is 73.1 Å². The summed E-state index contributed by atoms with van der Waals surface area (Å²) >= 11 is 0. The van der Waals surface area contributed by atoms with Crippen molar-refractivity contribution in [1.29, 1.82) is 0 Å². The third kappa shape index (κ3) is 17.7. The molecule has 6 aromatic rings. The first kappa shape index (κ1) is 68.2. The molecule has 0 unspecified atom stereocenters. The molecule has 0 spiro atoms. The molecule has 90 heavy (non-hydrogen) atoms. The minimum atomic E-state index is -4.62. The van der Waals surface area contributed by atoms with E-state index >= 15 is 0 Å². The number of amides is 2. The summed E-state index contributed by atoms with van der Waals surface area (Å²) in [4.78, 5) is 72.8. The van der Waals surface area contributed by atoms with Gasteiger partial charge in [-0.3, -0.25) is 46.6 Å². The molecule has 4 aromatic heterocycles. The number of phosphoric acid groups is 2. The predicted molar refractivity (Wildman–Crippen MR) is 341 cm³/mol. The number of carbonyl (C=O) groups is 4. The Hall–Kier alpha value is -6.22. The van der Waals surface area contributed by atoms with Crippen molar-refractivity contribution in [3.05, 3.63) is 118 Å². The van der Waals surface area contributed by atoms with Crippen molar-refractivity contribution in [2.45, 2.75) is 210 Å². The zero-order valence-electron chi connectivity index (χ0n) is 54.6. The molecule has 2 atom stereocenters. The van der Waals surface area contributed by atoms with Gasteiger partial charge >= 0.3 is 15.6 Å². The van der Waals surface area contributed by atoms with Crippen LogP contribution in [0.4, 0.5) is 0 Å². The summed E-state index contributed by atoms with van der Waals surface area (Å²) in [6, 6.07) is 18.0. The first-order valence-electron chi connectivity index (χ1n) is 31.6. The number of carbonyl (C=O) groups excluding carboxylic acids is 4. The van der Waals surface area contributed by atoms with Gasteiger partial charge in [0.05, 0.1) is 34.7 Å². The van der Waals surface area contributed by atoms with Crippen LogP contribution in [0, 0.1) is 63.2 Å². The largest absolute Gasteiger partial charge is 0.477 e. The van der Waals surface area contributed by atoms with Gasteiger partial charge in [-0.25, -0.2) is 18.5 Å². The topological polar surface area (TPSA) is 275 Å². The van der Waals surface area contributed by atoms with Gasteiger partial charge < -0.3 is 20.4 Å². The van der Waals surface area contributed by atoms with Gasteiger partial charge in [0, 0.05) is 59.8 Å². The van der Waals surface area contributed by atoms with Crippen LogP contribution in [0.2, 0.25) is 0 Å². The molecule has 4 heterocycles. The standard InChI is InChI=1S/C37H54N5O6P.C29H38N5O6P/c1-23(2)42-30(19-20-38-42)35(44)39-34(33(28-15-16-28)29-17-18-29)31(43)21-26-11-13-27(14-12-26)32-24(3)40-41(25(32)4)22-46-49(45,47-36(5,6)7)48-37(8,9)10;1-17(2)34-24(13-14-30-34)29(36)31-28(27(22-9-10-22)23-11-12-23)25(35)15-20-5-7-21(8-6-20)26-18(3)32-33(19(26)4)16-40-41(37,38)39/h11-14,19-20,23,28-29,33-34H,15-18,21-22H2,1-10H3,(H,39,44);5-8,13-14,17,22-23,27-28H,9-12,15-16H2,1-4H3,(H,31,36)(H2,37,38,39)/t34-;28-/m11/s1. The number of aryl methyl sites for hydroxylation is 2. The van der Waals surface area contributed by atoms with Gasteiger partial charge in [-0.15, -0.1) is 0 Å². The van der Waals surface area contributed by atoms with E-state index in [1.54, 1.807) is 80.1 Å². The lowest BCUT2D eigenvalue weighted by Crippen LogP contribution is -2.48. The van der Waals surface area contributed by atoms with Gasteiger partial charge in [0.1, 0.15) is 11.4 Å². The zero-order chi connectivity index (χ0) is 65.4. The molecule has 2 aromatic carbocycles. The molecular formula is C66H92N10O12P2. The average Bonchev–Trinajstić information content (AvgIpc) is 1.74. The van der Waals surface area contributed by atoms with E-state index in [1.165, 1.54) is 4.68 Å². The van der Waals surface area contributed by atoms with E-state index < -0.39 is 38.9 Å². The highest BCUT2D eigenvalue weighted by Crippen LogP contribution is 2.56. The smallest absolute Gasteiger partial charge is 0.341 e. The Bertz CT molecular complexity index is 3580. The van der Waals surface area contributed by atoms with E-state index in [1.807, 2.05) is 104 Å². The van der Waals surface area contributed by atoms with Gasteiger partial charge in [-0.05, 0) is 218 Å². The quantitative estimate of drug-likeness (QED) is 0.0332. The summed E-state index contributed by atoms with van der Waals surface area (Å²) in [5.41, 5.74) is 7.79. The van der Waals surface area contributed by atoms with E-state index in [2.05, 4.69) is 35.6 Å². The van der Waals surface area contributed by atoms with Crippen molar-refractivity contribution in [1.82, 2.24) is 49.8 Å². The van der Waals surface area contributed by atoms with Crippen LogP contribution in [0.25, 0.3) is 22.3 Å². The number of hydrogen-bond donors (Lipinski definition) is 4. The molecule has 4 fully saturated rings. The first-order valence-corrected chi connectivity index (χ1v) is 34.6. The number of phosphoric ester groups is 2. The number of aromatic nitrogens is 8. The average molecular weight is 1280 g/mol. The fourth-order valence-corrected chi connectivity index (χ4v) is 14.5. The van der Waals surface area contributed by atoms with Gasteiger partial charge in [0.2, 0.25) is 0 Å². The van der Waals surface area contributed by atoms with Crippen molar-refractivity contribution < 1.29 is 56.2 Å². The zero-order valence-corrected chi connectivity index (χ0v) is 56.4. The van der Waals surface area contributed by atoms with E-state index in [4.69, 9.17) is 23.4 Å². The Labute approximate surface area is 528 Å². The summed E-state index contributed by atoms with van der Waals surface area (Å²) in [6.45, 7) is 25.7. The Morgan fingerprint density at radius 1 is 0.544 bits per heavy atom. The molecule has 0 saturated heterocycles. The Kier molecular flexibility index (Phi) is 20.9. The third-order valence-electron chi connectivity index (χ3n) is 16.9. The first-order chi connectivity index (χ1) is 42.3. The minimum Gasteiger partial charge on any atom is -0.341 e. The van der Waals surface area contributed by atoms with Crippen LogP contribution in [-0.2, 0) is 63.1 Å².